The van der Waals surface area contributed by atoms with Crippen LogP contribution in [0.25, 0.3) is 11.3 Å². The van der Waals surface area contributed by atoms with E-state index < -0.39 is 0 Å². The van der Waals surface area contributed by atoms with Gasteiger partial charge in [0.2, 0.25) is 0 Å². The topological polar surface area (TPSA) is 29.9 Å². The van der Waals surface area contributed by atoms with Crippen molar-refractivity contribution in [2.75, 3.05) is 13.1 Å². The minimum Gasteiger partial charge on any atom is -0.331 e. The number of benzene rings is 1. The average molecular weight is 273 g/mol. The predicted octanol–water partition coefficient (Wildman–Crippen LogP) is 3.08. The average Bonchev–Trinajstić information content (AvgIpc) is 2.95. The third kappa shape index (κ3) is 3.07. The molecule has 1 fully saturated rings. The molecule has 0 amide bonds. The van der Waals surface area contributed by atoms with Crippen LogP contribution in [0.4, 0.5) is 4.39 Å². The first-order valence-corrected chi connectivity index (χ1v) is 7.30. The van der Waals surface area contributed by atoms with Crippen LogP contribution in [0.2, 0.25) is 0 Å². The van der Waals surface area contributed by atoms with Gasteiger partial charge in [0.05, 0.1) is 18.2 Å². The lowest BCUT2D eigenvalue weighted by molar-refractivity contribution is 0.342. The number of imidazole rings is 1. The second kappa shape index (κ2) is 6.18. The molecule has 1 aromatic heterocycles. The van der Waals surface area contributed by atoms with Crippen LogP contribution in [0.5, 0.6) is 0 Å². The van der Waals surface area contributed by atoms with Gasteiger partial charge in [-0.3, -0.25) is 0 Å². The van der Waals surface area contributed by atoms with Crippen LogP contribution in [0.3, 0.4) is 0 Å². The van der Waals surface area contributed by atoms with Crippen molar-refractivity contribution in [3.8, 4) is 11.3 Å². The molecule has 2 heterocycles. The van der Waals surface area contributed by atoms with E-state index in [4.69, 9.17) is 0 Å². The van der Waals surface area contributed by atoms with Gasteiger partial charge in [-0.15, -0.1) is 0 Å². The van der Waals surface area contributed by atoms with Gasteiger partial charge in [0.15, 0.2) is 0 Å². The minimum absolute atomic E-state index is 0.202. The van der Waals surface area contributed by atoms with Crippen LogP contribution in [-0.2, 0) is 6.54 Å². The highest BCUT2D eigenvalue weighted by atomic mass is 19.1. The van der Waals surface area contributed by atoms with E-state index in [9.17, 15) is 4.39 Å². The fourth-order valence-corrected chi connectivity index (χ4v) is 2.88. The van der Waals surface area contributed by atoms with Crippen molar-refractivity contribution < 1.29 is 4.39 Å². The van der Waals surface area contributed by atoms with Crippen molar-refractivity contribution in [3.05, 3.63) is 42.6 Å². The van der Waals surface area contributed by atoms with Crippen molar-refractivity contribution in [1.82, 2.24) is 14.9 Å². The first-order chi connectivity index (χ1) is 9.83. The van der Waals surface area contributed by atoms with Gasteiger partial charge in [-0.05, 0) is 50.4 Å². The fourth-order valence-electron chi connectivity index (χ4n) is 2.88. The Morgan fingerprint density at radius 1 is 1.40 bits per heavy atom. The van der Waals surface area contributed by atoms with E-state index in [0.29, 0.717) is 0 Å². The molecular formula is C16H20FN3. The summed E-state index contributed by atoms with van der Waals surface area (Å²) in [6.45, 7) is 3.21. The maximum atomic E-state index is 13.3. The largest absolute Gasteiger partial charge is 0.331 e. The number of halogens is 1. The van der Waals surface area contributed by atoms with E-state index in [1.54, 1.807) is 12.1 Å². The standard InChI is InChI=1S/C16H20FN3/c17-15-5-1-4-14(9-15)16-11-19-12-20(16)8-6-13-3-2-7-18-10-13/h1,4-5,9,11-13,18H,2-3,6-8,10H2. The van der Waals surface area contributed by atoms with Crippen molar-refractivity contribution >= 4 is 0 Å². The summed E-state index contributed by atoms with van der Waals surface area (Å²) in [6.07, 6.45) is 7.37. The molecule has 3 nitrogen and oxygen atoms in total. The summed E-state index contributed by atoms with van der Waals surface area (Å²) in [6, 6.07) is 6.71. The Balaban J connectivity index is 1.70. The summed E-state index contributed by atoms with van der Waals surface area (Å²) in [4.78, 5) is 4.22. The number of aromatic nitrogens is 2. The molecule has 0 saturated carbocycles. The third-order valence-electron chi connectivity index (χ3n) is 4.01. The predicted molar refractivity (Wildman–Crippen MR) is 77.8 cm³/mol. The molecule has 1 N–H and O–H groups in total. The molecule has 1 unspecified atom stereocenters. The Bertz CT molecular complexity index is 558. The molecule has 20 heavy (non-hydrogen) atoms. The molecule has 1 aromatic carbocycles. The molecule has 2 aromatic rings. The molecular weight excluding hydrogens is 253 g/mol. The molecule has 4 heteroatoms. The Hall–Kier alpha value is -1.68. The molecule has 1 aliphatic heterocycles. The monoisotopic (exact) mass is 273 g/mol. The van der Waals surface area contributed by atoms with Crippen LogP contribution in [-0.4, -0.2) is 22.6 Å². The summed E-state index contributed by atoms with van der Waals surface area (Å²) >= 11 is 0. The Morgan fingerprint density at radius 2 is 2.35 bits per heavy atom. The Labute approximate surface area is 118 Å². The zero-order valence-corrected chi connectivity index (χ0v) is 11.6. The zero-order valence-electron chi connectivity index (χ0n) is 11.6. The van der Waals surface area contributed by atoms with E-state index in [-0.39, 0.29) is 5.82 Å². The molecule has 0 bridgehead atoms. The Kier molecular flexibility index (Phi) is 4.11. The lowest BCUT2D eigenvalue weighted by Gasteiger charge is -2.23. The maximum absolute atomic E-state index is 13.3. The van der Waals surface area contributed by atoms with Gasteiger partial charge in [0.25, 0.3) is 0 Å². The highest BCUT2D eigenvalue weighted by molar-refractivity contribution is 5.58. The summed E-state index contributed by atoms with van der Waals surface area (Å²) < 4.78 is 15.5. The van der Waals surface area contributed by atoms with Crippen LogP contribution >= 0.6 is 0 Å². The SMILES string of the molecule is Fc1cccc(-c2cncn2CCC2CCCNC2)c1. The van der Waals surface area contributed by atoms with Gasteiger partial charge in [0, 0.05) is 12.1 Å². The first-order valence-electron chi connectivity index (χ1n) is 7.30. The zero-order chi connectivity index (χ0) is 13.8. The van der Waals surface area contributed by atoms with Crippen molar-refractivity contribution in [2.45, 2.75) is 25.8 Å². The maximum Gasteiger partial charge on any atom is 0.123 e. The molecule has 3 rings (SSSR count). The number of piperidine rings is 1. The second-order valence-electron chi connectivity index (χ2n) is 5.48. The summed E-state index contributed by atoms with van der Waals surface area (Å²) in [5, 5.41) is 3.44. The molecule has 1 saturated heterocycles. The summed E-state index contributed by atoms with van der Waals surface area (Å²) in [5.74, 6) is 0.540. The normalized spacial score (nSPS) is 19.1. The molecule has 0 aliphatic carbocycles. The minimum atomic E-state index is -0.202. The van der Waals surface area contributed by atoms with Gasteiger partial charge in [-0.2, -0.15) is 0 Å². The second-order valence-corrected chi connectivity index (χ2v) is 5.48. The molecule has 1 atom stereocenters. The number of nitrogens with zero attached hydrogens (tertiary/aromatic N) is 2. The number of aryl methyl sites for hydroxylation is 1. The number of nitrogens with one attached hydrogen (secondary N) is 1. The van der Waals surface area contributed by atoms with Gasteiger partial charge in [-0.25, -0.2) is 9.37 Å². The van der Waals surface area contributed by atoms with E-state index in [1.165, 1.54) is 18.9 Å². The number of hydrogen-bond acceptors (Lipinski definition) is 2. The molecule has 1 aliphatic rings. The smallest absolute Gasteiger partial charge is 0.123 e. The fraction of sp³-hybridized carbons (Fsp3) is 0.438. The lowest BCUT2D eigenvalue weighted by atomic mass is 9.96. The number of rotatable bonds is 4. The van der Waals surface area contributed by atoms with Gasteiger partial charge < -0.3 is 9.88 Å². The summed E-state index contributed by atoms with van der Waals surface area (Å²) in [5.41, 5.74) is 1.89. The molecule has 0 radical (unpaired) electrons. The molecule has 106 valence electrons. The van der Waals surface area contributed by atoms with Crippen LogP contribution in [0.1, 0.15) is 19.3 Å². The first kappa shape index (κ1) is 13.3. The highest BCUT2D eigenvalue weighted by Crippen LogP contribution is 2.22. The lowest BCUT2D eigenvalue weighted by Crippen LogP contribution is -2.30. The molecule has 0 spiro atoms. The third-order valence-corrected chi connectivity index (χ3v) is 4.01. The van der Waals surface area contributed by atoms with Crippen molar-refractivity contribution in [3.63, 3.8) is 0 Å². The van der Waals surface area contributed by atoms with Crippen LogP contribution in [0, 0.1) is 11.7 Å². The van der Waals surface area contributed by atoms with Gasteiger partial charge >= 0.3 is 0 Å². The quantitative estimate of drug-likeness (QED) is 0.927. The van der Waals surface area contributed by atoms with Crippen molar-refractivity contribution in [2.24, 2.45) is 5.92 Å². The van der Waals surface area contributed by atoms with E-state index >= 15 is 0 Å². The van der Waals surface area contributed by atoms with Gasteiger partial charge in [0.1, 0.15) is 5.82 Å². The number of hydrogen-bond donors (Lipinski definition) is 1. The van der Waals surface area contributed by atoms with Crippen molar-refractivity contribution in [1.29, 1.82) is 0 Å². The van der Waals surface area contributed by atoms with Crippen LogP contribution < -0.4 is 5.32 Å². The highest BCUT2D eigenvalue weighted by Gasteiger charge is 2.14. The Morgan fingerprint density at radius 3 is 3.15 bits per heavy atom. The van der Waals surface area contributed by atoms with E-state index in [0.717, 1.165) is 43.2 Å². The van der Waals surface area contributed by atoms with Crippen LogP contribution in [0.15, 0.2) is 36.8 Å². The van der Waals surface area contributed by atoms with E-state index in [1.807, 2.05) is 18.6 Å². The summed E-state index contributed by atoms with van der Waals surface area (Å²) in [7, 11) is 0. The van der Waals surface area contributed by atoms with Gasteiger partial charge in [-0.1, -0.05) is 12.1 Å². The van der Waals surface area contributed by atoms with E-state index in [2.05, 4.69) is 14.9 Å².